The molecule has 1 fully saturated rings. The number of sulfonamides is 1. The van der Waals surface area contributed by atoms with Crippen LogP contribution in [0.1, 0.15) is 25.3 Å². The molecule has 1 saturated heterocycles. The SMILES string of the molecule is CCNC(=NCCNS(=O)(=O)c1ccc(C)cc1)N1CCCC1. The Labute approximate surface area is 139 Å². The number of rotatable bonds is 6. The van der Waals surface area contributed by atoms with E-state index in [-0.39, 0.29) is 0 Å². The second kappa shape index (κ2) is 8.31. The summed E-state index contributed by atoms with van der Waals surface area (Å²) in [6.45, 7) is 7.51. The summed E-state index contributed by atoms with van der Waals surface area (Å²) in [5, 5.41) is 3.26. The van der Waals surface area contributed by atoms with Crippen molar-refractivity contribution in [3.8, 4) is 0 Å². The molecule has 1 aromatic carbocycles. The summed E-state index contributed by atoms with van der Waals surface area (Å²) < 4.78 is 27.0. The molecule has 0 bridgehead atoms. The first kappa shape index (κ1) is 17.7. The van der Waals surface area contributed by atoms with Crippen LogP contribution in [-0.4, -0.2) is 52.0 Å². The fourth-order valence-electron chi connectivity index (χ4n) is 2.50. The third-order valence-electron chi connectivity index (χ3n) is 3.74. The van der Waals surface area contributed by atoms with E-state index in [1.807, 2.05) is 13.8 Å². The first-order valence-electron chi connectivity index (χ1n) is 8.12. The number of aliphatic imine (C=N–C) groups is 1. The Kier molecular flexibility index (Phi) is 6.41. The van der Waals surface area contributed by atoms with Crippen LogP contribution in [0, 0.1) is 6.92 Å². The topological polar surface area (TPSA) is 73.8 Å². The largest absolute Gasteiger partial charge is 0.357 e. The van der Waals surface area contributed by atoms with Crippen LogP contribution in [0.2, 0.25) is 0 Å². The van der Waals surface area contributed by atoms with Crippen LogP contribution in [0.25, 0.3) is 0 Å². The second-order valence-corrected chi connectivity index (χ2v) is 7.41. The molecule has 2 rings (SSSR count). The van der Waals surface area contributed by atoms with E-state index in [0.717, 1.165) is 31.2 Å². The maximum Gasteiger partial charge on any atom is 0.240 e. The van der Waals surface area contributed by atoms with Crippen LogP contribution in [0.4, 0.5) is 0 Å². The molecule has 7 heteroatoms. The Morgan fingerprint density at radius 2 is 1.87 bits per heavy atom. The van der Waals surface area contributed by atoms with Crippen molar-refractivity contribution in [3.63, 3.8) is 0 Å². The Morgan fingerprint density at radius 3 is 2.48 bits per heavy atom. The van der Waals surface area contributed by atoms with E-state index in [0.29, 0.717) is 18.0 Å². The van der Waals surface area contributed by atoms with E-state index < -0.39 is 10.0 Å². The quantitative estimate of drug-likeness (QED) is 0.466. The number of guanidine groups is 1. The lowest BCUT2D eigenvalue weighted by atomic mass is 10.2. The van der Waals surface area contributed by atoms with Gasteiger partial charge in [0, 0.05) is 26.2 Å². The molecule has 0 aromatic heterocycles. The number of benzene rings is 1. The van der Waals surface area contributed by atoms with Crippen molar-refractivity contribution in [1.29, 1.82) is 0 Å². The highest BCUT2D eigenvalue weighted by Gasteiger charge is 2.16. The van der Waals surface area contributed by atoms with Crippen molar-refractivity contribution >= 4 is 16.0 Å². The minimum atomic E-state index is -3.46. The van der Waals surface area contributed by atoms with Gasteiger partial charge in [0.05, 0.1) is 11.4 Å². The number of aryl methyl sites for hydroxylation is 1. The van der Waals surface area contributed by atoms with Gasteiger partial charge < -0.3 is 10.2 Å². The van der Waals surface area contributed by atoms with Gasteiger partial charge in [0.2, 0.25) is 10.0 Å². The third-order valence-corrected chi connectivity index (χ3v) is 5.21. The predicted octanol–water partition coefficient (Wildman–Crippen LogP) is 1.33. The number of nitrogens with zero attached hydrogens (tertiary/aromatic N) is 2. The number of hydrogen-bond donors (Lipinski definition) is 2. The van der Waals surface area contributed by atoms with Gasteiger partial charge in [0.15, 0.2) is 5.96 Å². The molecule has 0 amide bonds. The number of likely N-dealkylation sites (tertiary alicyclic amines) is 1. The lowest BCUT2D eigenvalue weighted by Gasteiger charge is -2.20. The van der Waals surface area contributed by atoms with E-state index in [1.165, 1.54) is 12.8 Å². The standard InChI is InChI=1S/C16H26N4O2S/c1-3-17-16(20-12-4-5-13-20)18-10-11-19-23(21,22)15-8-6-14(2)7-9-15/h6-9,19H,3-5,10-13H2,1-2H3,(H,17,18). The van der Waals surface area contributed by atoms with Crippen LogP contribution < -0.4 is 10.0 Å². The summed E-state index contributed by atoms with van der Waals surface area (Å²) in [4.78, 5) is 7.02. The maximum absolute atomic E-state index is 12.2. The van der Waals surface area contributed by atoms with Crippen molar-refractivity contribution in [2.24, 2.45) is 4.99 Å². The summed E-state index contributed by atoms with van der Waals surface area (Å²) in [5.74, 6) is 0.875. The Balaban J connectivity index is 1.89. The fourth-order valence-corrected chi connectivity index (χ4v) is 3.52. The zero-order valence-corrected chi connectivity index (χ0v) is 14.7. The summed E-state index contributed by atoms with van der Waals surface area (Å²) in [6.07, 6.45) is 2.37. The summed E-state index contributed by atoms with van der Waals surface area (Å²) >= 11 is 0. The van der Waals surface area contributed by atoms with Gasteiger partial charge in [0.25, 0.3) is 0 Å². The van der Waals surface area contributed by atoms with Crippen molar-refractivity contribution < 1.29 is 8.42 Å². The molecule has 0 unspecified atom stereocenters. The van der Waals surface area contributed by atoms with E-state index in [9.17, 15) is 8.42 Å². The molecular formula is C16H26N4O2S. The molecular weight excluding hydrogens is 312 g/mol. The van der Waals surface area contributed by atoms with Gasteiger partial charge in [-0.3, -0.25) is 4.99 Å². The van der Waals surface area contributed by atoms with E-state index in [2.05, 4.69) is 19.9 Å². The smallest absolute Gasteiger partial charge is 0.240 e. The minimum Gasteiger partial charge on any atom is -0.357 e. The van der Waals surface area contributed by atoms with Crippen molar-refractivity contribution in [3.05, 3.63) is 29.8 Å². The fraction of sp³-hybridized carbons (Fsp3) is 0.562. The van der Waals surface area contributed by atoms with E-state index in [4.69, 9.17) is 0 Å². The average molecular weight is 338 g/mol. The van der Waals surface area contributed by atoms with Gasteiger partial charge in [0.1, 0.15) is 0 Å². The highest BCUT2D eigenvalue weighted by Crippen LogP contribution is 2.10. The molecule has 23 heavy (non-hydrogen) atoms. The molecule has 1 aliphatic rings. The van der Waals surface area contributed by atoms with Gasteiger partial charge >= 0.3 is 0 Å². The predicted molar refractivity (Wildman–Crippen MR) is 93.2 cm³/mol. The minimum absolute atomic E-state index is 0.290. The van der Waals surface area contributed by atoms with Crippen LogP contribution >= 0.6 is 0 Å². The first-order chi connectivity index (χ1) is 11.0. The maximum atomic E-state index is 12.2. The van der Waals surface area contributed by atoms with Crippen LogP contribution in [0.3, 0.4) is 0 Å². The van der Waals surface area contributed by atoms with Crippen molar-refractivity contribution in [2.45, 2.75) is 31.6 Å². The highest BCUT2D eigenvalue weighted by molar-refractivity contribution is 7.89. The second-order valence-electron chi connectivity index (χ2n) is 5.64. The van der Waals surface area contributed by atoms with Crippen LogP contribution in [0.5, 0.6) is 0 Å². The molecule has 0 radical (unpaired) electrons. The molecule has 2 N–H and O–H groups in total. The molecule has 0 saturated carbocycles. The molecule has 0 atom stereocenters. The molecule has 0 aliphatic carbocycles. The molecule has 6 nitrogen and oxygen atoms in total. The summed E-state index contributed by atoms with van der Waals surface area (Å²) in [6, 6.07) is 6.83. The van der Waals surface area contributed by atoms with Crippen LogP contribution in [0.15, 0.2) is 34.2 Å². The summed E-state index contributed by atoms with van der Waals surface area (Å²) in [7, 11) is -3.46. The Morgan fingerprint density at radius 1 is 1.22 bits per heavy atom. The monoisotopic (exact) mass is 338 g/mol. The Hall–Kier alpha value is -1.60. The van der Waals surface area contributed by atoms with Crippen molar-refractivity contribution in [1.82, 2.24) is 14.9 Å². The van der Waals surface area contributed by atoms with Gasteiger partial charge in [-0.15, -0.1) is 0 Å². The first-order valence-corrected chi connectivity index (χ1v) is 9.61. The highest BCUT2D eigenvalue weighted by atomic mass is 32.2. The van der Waals surface area contributed by atoms with E-state index in [1.54, 1.807) is 24.3 Å². The normalized spacial score (nSPS) is 15.9. The summed E-state index contributed by atoms with van der Waals surface area (Å²) in [5.41, 5.74) is 1.04. The molecule has 0 spiro atoms. The Bertz CT molecular complexity index is 620. The van der Waals surface area contributed by atoms with Crippen molar-refractivity contribution in [2.75, 3.05) is 32.7 Å². The zero-order chi connectivity index (χ0) is 16.7. The third kappa shape index (κ3) is 5.21. The lowest BCUT2D eigenvalue weighted by Crippen LogP contribution is -2.40. The van der Waals surface area contributed by atoms with Gasteiger partial charge in [-0.1, -0.05) is 17.7 Å². The van der Waals surface area contributed by atoms with Crippen LogP contribution in [-0.2, 0) is 10.0 Å². The van der Waals surface area contributed by atoms with Gasteiger partial charge in [-0.05, 0) is 38.8 Å². The average Bonchev–Trinajstić information content (AvgIpc) is 3.05. The molecule has 1 aromatic rings. The molecule has 1 heterocycles. The molecule has 1 aliphatic heterocycles. The number of hydrogen-bond acceptors (Lipinski definition) is 3. The van der Waals surface area contributed by atoms with Gasteiger partial charge in [-0.25, -0.2) is 13.1 Å². The number of nitrogens with one attached hydrogen (secondary N) is 2. The lowest BCUT2D eigenvalue weighted by molar-refractivity contribution is 0.493. The van der Waals surface area contributed by atoms with Gasteiger partial charge in [-0.2, -0.15) is 0 Å². The van der Waals surface area contributed by atoms with E-state index >= 15 is 0 Å². The zero-order valence-electron chi connectivity index (χ0n) is 13.9. The molecule has 128 valence electrons.